The lowest BCUT2D eigenvalue weighted by Crippen LogP contribution is -2.38. The zero-order chi connectivity index (χ0) is 13.9. The highest BCUT2D eigenvalue weighted by Crippen LogP contribution is 2.38. The van der Waals surface area contributed by atoms with Crippen LogP contribution >= 0.6 is 0 Å². The monoisotopic (exact) mass is 271 g/mol. The van der Waals surface area contributed by atoms with E-state index in [1.54, 1.807) is 11.1 Å². The van der Waals surface area contributed by atoms with E-state index in [0.29, 0.717) is 6.04 Å². The lowest BCUT2D eigenvalue weighted by atomic mass is 9.80. The van der Waals surface area contributed by atoms with Crippen LogP contribution in [0.15, 0.2) is 24.3 Å². The van der Waals surface area contributed by atoms with E-state index in [-0.39, 0.29) is 0 Å². The van der Waals surface area contributed by atoms with E-state index in [0.717, 1.165) is 17.9 Å². The third kappa shape index (κ3) is 2.93. The van der Waals surface area contributed by atoms with E-state index in [2.05, 4.69) is 43.4 Å². The number of benzene rings is 1. The number of hydrogen-bond acceptors (Lipinski definition) is 1. The van der Waals surface area contributed by atoms with Gasteiger partial charge in [0, 0.05) is 12.1 Å². The second-order valence-corrected chi connectivity index (χ2v) is 7.05. The zero-order valence-electron chi connectivity index (χ0n) is 13.1. The molecule has 20 heavy (non-hydrogen) atoms. The molecule has 110 valence electrons. The van der Waals surface area contributed by atoms with Gasteiger partial charge in [-0.2, -0.15) is 0 Å². The van der Waals surface area contributed by atoms with E-state index in [1.807, 2.05) is 0 Å². The van der Waals surface area contributed by atoms with Crippen molar-refractivity contribution in [3.05, 3.63) is 35.4 Å². The molecule has 0 radical (unpaired) electrons. The van der Waals surface area contributed by atoms with Gasteiger partial charge in [-0.15, -0.1) is 0 Å². The average Bonchev–Trinajstić information content (AvgIpc) is 2.67. The van der Waals surface area contributed by atoms with Crippen molar-refractivity contribution in [1.29, 1.82) is 0 Å². The van der Waals surface area contributed by atoms with Gasteiger partial charge in [0.2, 0.25) is 0 Å². The molecule has 4 unspecified atom stereocenters. The normalized spacial score (nSPS) is 34.3. The predicted molar refractivity (Wildman–Crippen MR) is 86.0 cm³/mol. The molecule has 1 aromatic carbocycles. The Bertz CT molecular complexity index is 439. The Morgan fingerprint density at radius 3 is 2.45 bits per heavy atom. The van der Waals surface area contributed by atoms with Crippen LogP contribution in [0.1, 0.15) is 81.9 Å². The minimum atomic E-state index is 0.591. The van der Waals surface area contributed by atoms with Gasteiger partial charge in [-0.1, -0.05) is 57.4 Å². The fourth-order valence-corrected chi connectivity index (χ4v) is 4.18. The smallest absolute Gasteiger partial charge is 0.0325 e. The molecule has 3 rings (SSSR count). The first-order valence-electron chi connectivity index (χ1n) is 8.60. The van der Waals surface area contributed by atoms with Crippen molar-refractivity contribution >= 4 is 0 Å². The molecule has 1 heteroatoms. The summed E-state index contributed by atoms with van der Waals surface area (Å²) < 4.78 is 0. The zero-order valence-corrected chi connectivity index (χ0v) is 13.1. The molecule has 0 aliphatic heterocycles. The van der Waals surface area contributed by atoms with E-state index in [9.17, 15) is 0 Å². The minimum Gasteiger partial charge on any atom is -0.307 e. The second kappa shape index (κ2) is 6.30. The van der Waals surface area contributed by atoms with Crippen molar-refractivity contribution in [2.45, 2.75) is 76.8 Å². The molecule has 0 amide bonds. The third-order valence-corrected chi connectivity index (χ3v) is 5.57. The quantitative estimate of drug-likeness (QED) is 0.730. The third-order valence-electron chi connectivity index (χ3n) is 5.57. The summed E-state index contributed by atoms with van der Waals surface area (Å²) in [4.78, 5) is 0. The first-order chi connectivity index (χ1) is 9.75. The highest BCUT2D eigenvalue weighted by molar-refractivity contribution is 5.35. The van der Waals surface area contributed by atoms with Gasteiger partial charge in [0.25, 0.3) is 0 Å². The topological polar surface area (TPSA) is 12.0 Å². The molecular weight excluding hydrogens is 242 g/mol. The SMILES string of the molecule is CC1CCC(NC2CCCCCC2C)c2ccccc21. The summed E-state index contributed by atoms with van der Waals surface area (Å²) in [5.41, 5.74) is 3.15. The molecule has 0 heterocycles. The maximum Gasteiger partial charge on any atom is 0.0325 e. The molecule has 1 saturated carbocycles. The summed E-state index contributed by atoms with van der Waals surface area (Å²) in [6.45, 7) is 4.82. The van der Waals surface area contributed by atoms with Gasteiger partial charge in [-0.25, -0.2) is 0 Å². The van der Waals surface area contributed by atoms with Gasteiger partial charge >= 0.3 is 0 Å². The highest BCUT2D eigenvalue weighted by Gasteiger charge is 2.28. The lowest BCUT2D eigenvalue weighted by Gasteiger charge is -2.35. The van der Waals surface area contributed by atoms with Crippen LogP contribution < -0.4 is 5.32 Å². The van der Waals surface area contributed by atoms with Crippen LogP contribution in [0.4, 0.5) is 0 Å². The first-order valence-corrected chi connectivity index (χ1v) is 8.60. The molecule has 0 aromatic heterocycles. The summed E-state index contributed by atoms with van der Waals surface area (Å²) in [5, 5.41) is 4.02. The lowest BCUT2D eigenvalue weighted by molar-refractivity contribution is 0.300. The van der Waals surface area contributed by atoms with Crippen molar-refractivity contribution in [3.63, 3.8) is 0 Å². The van der Waals surface area contributed by atoms with Gasteiger partial charge in [0.1, 0.15) is 0 Å². The molecule has 2 aliphatic rings. The standard InChI is InChI=1S/C19H29N/c1-14-12-13-19(17-10-7-6-9-16(14)17)20-18-11-5-3-4-8-15(18)2/h6-7,9-10,14-15,18-20H,3-5,8,11-13H2,1-2H3. The Balaban J connectivity index is 1.76. The number of hydrogen-bond donors (Lipinski definition) is 1. The fraction of sp³-hybridized carbons (Fsp3) is 0.684. The van der Waals surface area contributed by atoms with Gasteiger partial charge in [0.05, 0.1) is 0 Å². The molecule has 1 fully saturated rings. The van der Waals surface area contributed by atoms with Crippen LogP contribution in [0.3, 0.4) is 0 Å². The van der Waals surface area contributed by atoms with Crippen LogP contribution in [0.25, 0.3) is 0 Å². The van der Waals surface area contributed by atoms with Crippen LogP contribution in [0.5, 0.6) is 0 Å². The Morgan fingerprint density at radius 1 is 0.850 bits per heavy atom. The van der Waals surface area contributed by atoms with Gasteiger partial charge in [-0.05, 0) is 48.6 Å². The fourth-order valence-electron chi connectivity index (χ4n) is 4.18. The van der Waals surface area contributed by atoms with E-state index in [4.69, 9.17) is 0 Å². The molecule has 1 aromatic rings. The molecule has 4 atom stereocenters. The van der Waals surface area contributed by atoms with E-state index < -0.39 is 0 Å². The Morgan fingerprint density at radius 2 is 1.60 bits per heavy atom. The minimum absolute atomic E-state index is 0.591. The van der Waals surface area contributed by atoms with Crippen molar-refractivity contribution in [2.75, 3.05) is 0 Å². The van der Waals surface area contributed by atoms with Crippen LogP contribution in [0, 0.1) is 5.92 Å². The van der Waals surface area contributed by atoms with Crippen LogP contribution in [-0.2, 0) is 0 Å². The number of rotatable bonds is 2. The van der Waals surface area contributed by atoms with Gasteiger partial charge in [-0.3, -0.25) is 0 Å². The van der Waals surface area contributed by atoms with E-state index >= 15 is 0 Å². The Hall–Kier alpha value is -0.820. The number of fused-ring (bicyclic) bond motifs is 1. The highest BCUT2D eigenvalue weighted by atomic mass is 15.0. The summed E-state index contributed by atoms with van der Waals surface area (Å²) in [6.07, 6.45) is 9.68. The maximum atomic E-state index is 4.02. The van der Waals surface area contributed by atoms with Crippen molar-refractivity contribution in [3.8, 4) is 0 Å². The average molecular weight is 271 g/mol. The summed E-state index contributed by atoms with van der Waals surface area (Å²) in [6, 6.07) is 10.4. The summed E-state index contributed by atoms with van der Waals surface area (Å²) in [5.74, 6) is 1.57. The van der Waals surface area contributed by atoms with Crippen molar-refractivity contribution in [2.24, 2.45) is 5.92 Å². The Kier molecular flexibility index (Phi) is 4.45. The maximum absolute atomic E-state index is 4.02. The van der Waals surface area contributed by atoms with Gasteiger partial charge in [0.15, 0.2) is 0 Å². The molecular formula is C19H29N. The predicted octanol–water partition coefficient (Wildman–Crippen LogP) is 5.18. The second-order valence-electron chi connectivity index (χ2n) is 7.05. The molecule has 1 N–H and O–H groups in total. The first kappa shape index (κ1) is 14.1. The molecule has 1 nitrogen and oxygen atoms in total. The van der Waals surface area contributed by atoms with Crippen molar-refractivity contribution in [1.82, 2.24) is 5.32 Å². The molecule has 0 bridgehead atoms. The Labute approximate surface area is 124 Å². The van der Waals surface area contributed by atoms with Gasteiger partial charge < -0.3 is 5.32 Å². The molecule has 0 saturated heterocycles. The largest absolute Gasteiger partial charge is 0.307 e. The van der Waals surface area contributed by atoms with Crippen LogP contribution in [-0.4, -0.2) is 6.04 Å². The number of nitrogens with one attached hydrogen (secondary N) is 1. The summed E-state index contributed by atoms with van der Waals surface area (Å²) in [7, 11) is 0. The van der Waals surface area contributed by atoms with E-state index in [1.165, 1.54) is 44.9 Å². The van der Waals surface area contributed by atoms with Crippen LogP contribution in [0.2, 0.25) is 0 Å². The van der Waals surface area contributed by atoms with Crippen molar-refractivity contribution < 1.29 is 0 Å². The molecule has 2 aliphatic carbocycles. The summed E-state index contributed by atoms with van der Waals surface area (Å²) >= 11 is 0. The molecule has 0 spiro atoms.